The Hall–Kier alpha value is -2.40. The summed E-state index contributed by atoms with van der Waals surface area (Å²) in [5.41, 5.74) is 2.61. The Balaban J connectivity index is 1.59. The lowest BCUT2D eigenvalue weighted by Crippen LogP contribution is -2.16. The molecule has 0 atom stereocenters. The van der Waals surface area contributed by atoms with Crippen LogP contribution in [0, 0.1) is 13.8 Å². The van der Waals surface area contributed by atoms with Gasteiger partial charge in [0.15, 0.2) is 11.5 Å². The normalized spacial score (nSPS) is 13.0. The molecule has 26 heavy (non-hydrogen) atoms. The first-order valence-electron chi connectivity index (χ1n) is 8.62. The van der Waals surface area contributed by atoms with Crippen molar-refractivity contribution in [1.29, 1.82) is 0 Å². The van der Waals surface area contributed by atoms with Crippen LogP contribution >= 0.6 is 11.6 Å². The van der Waals surface area contributed by atoms with Gasteiger partial charge in [0.1, 0.15) is 5.75 Å². The standard InChI is InChI=1S/C20H22ClNO4/c1-13-5-3-6-14(2)20(13)26-10-7-19(23)22-16-12-18-17(11-15(16)21)24-8-4-9-25-18/h3,5-6,11-12H,4,7-10H2,1-2H3,(H,22,23). The van der Waals surface area contributed by atoms with Crippen molar-refractivity contribution < 1.29 is 19.0 Å². The summed E-state index contributed by atoms with van der Waals surface area (Å²) in [6.07, 6.45) is 1.03. The second kappa shape index (κ2) is 8.32. The van der Waals surface area contributed by atoms with Crippen molar-refractivity contribution >= 4 is 23.2 Å². The molecular formula is C20H22ClNO4. The van der Waals surface area contributed by atoms with Crippen LogP contribution in [0.1, 0.15) is 24.0 Å². The van der Waals surface area contributed by atoms with Crippen molar-refractivity contribution in [1.82, 2.24) is 0 Å². The number of carbonyl (C=O) groups is 1. The highest BCUT2D eigenvalue weighted by molar-refractivity contribution is 6.34. The van der Waals surface area contributed by atoms with Crippen LogP contribution in [0.4, 0.5) is 5.69 Å². The summed E-state index contributed by atoms with van der Waals surface area (Å²) in [6, 6.07) is 9.33. The molecule has 0 saturated carbocycles. The van der Waals surface area contributed by atoms with Gasteiger partial charge in [-0.15, -0.1) is 0 Å². The number of hydrogen-bond acceptors (Lipinski definition) is 4. The van der Waals surface area contributed by atoms with E-state index in [1.54, 1.807) is 12.1 Å². The first-order valence-corrected chi connectivity index (χ1v) is 9.00. The monoisotopic (exact) mass is 375 g/mol. The smallest absolute Gasteiger partial charge is 0.227 e. The van der Waals surface area contributed by atoms with E-state index in [1.165, 1.54) is 0 Å². The van der Waals surface area contributed by atoms with Gasteiger partial charge in [-0.05, 0) is 25.0 Å². The fourth-order valence-corrected chi connectivity index (χ4v) is 2.97. The van der Waals surface area contributed by atoms with Gasteiger partial charge < -0.3 is 19.5 Å². The molecule has 0 unspecified atom stereocenters. The molecule has 0 fully saturated rings. The number of nitrogens with one attached hydrogen (secondary N) is 1. The Morgan fingerprint density at radius 2 is 1.81 bits per heavy atom. The summed E-state index contributed by atoms with van der Waals surface area (Å²) >= 11 is 6.25. The minimum absolute atomic E-state index is 0.173. The van der Waals surface area contributed by atoms with E-state index in [0.717, 1.165) is 23.3 Å². The molecule has 0 radical (unpaired) electrons. The van der Waals surface area contributed by atoms with E-state index in [0.29, 0.717) is 42.0 Å². The lowest BCUT2D eigenvalue weighted by atomic mass is 10.1. The maximum absolute atomic E-state index is 12.2. The first-order chi connectivity index (χ1) is 12.5. The Morgan fingerprint density at radius 1 is 1.15 bits per heavy atom. The number of rotatable bonds is 5. The van der Waals surface area contributed by atoms with Crippen LogP contribution in [0.3, 0.4) is 0 Å². The van der Waals surface area contributed by atoms with Crippen molar-refractivity contribution in [2.45, 2.75) is 26.7 Å². The maximum atomic E-state index is 12.2. The maximum Gasteiger partial charge on any atom is 0.227 e. The van der Waals surface area contributed by atoms with E-state index >= 15 is 0 Å². The molecule has 3 rings (SSSR count). The molecule has 1 aliphatic heterocycles. The van der Waals surface area contributed by atoms with Crippen LogP contribution in [0.25, 0.3) is 0 Å². The summed E-state index contributed by atoms with van der Waals surface area (Å²) in [5.74, 6) is 1.85. The third-order valence-electron chi connectivity index (χ3n) is 4.10. The van der Waals surface area contributed by atoms with Crippen molar-refractivity contribution in [3.05, 3.63) is 46.5 Å². The van der Waals surface area contributed by atoms with Crippen LogP contribution < -0.4 is 19.5 Å². The van der Waals surface area contributed by atoms with Crippen LogP contribution in [0.15, 0.2) is 30.3 Å². The Kier molecular flexibility index (Phi) is 5.89. The predicted octanol–water partition coefficient (Wildman–Crippen LogP) is 4.53. The lowest BCUT2D eigenvalue weighted by Gasteiger charge is -2.14. The van der Waals surface area contributed by atoms with Gasteiger partial charge >= 0.3 is 0 Å². The van der Waals surface area contributed by atoms with Crippen molar-refractivity contribution in [2.75, 3.05) is 25.1 Å². The average Bonchev–Trinajstić information content (AvgIpc) is 2.83. The Bertz CT molecular complexity index is 786. The zero-order valence-corrected chi connectivity index (χ0v) is 15.7. The number of para-hydroxylation sites is 1. The van der Waals surface area contributed by atoms with Gasteiger partial charge in [0, 0.05) is 18.6 Å². The van der Waals surface area contributed by atoms with E-state index in [1.807, 2.05) is 32.0 Å². The molecule has 1 N–H and O–H groups in total. The van der Waals surface area contributed by atoms with Crippen LogP contribution in [0.2, 0.25) is 5.02 Å². The number of ether oxygens (including phenoxy) is 3. The van der Waals surface area contributed by atoms with E-state index in [9.17, 15) is 4.79 Å². The van der Waals surface area contributed by atoms with Crippen molar-refractivity contribution in [3.8, 4) is 17.2 Å². The minimum atomic E-state index is -0.173. The number of benzene rings is 2. The van der Waals surface area contributed by atoms with Crippen molar-refractivity contribution in [3.63, 3.8) is 0 Å². The van der Waals surface area contributed by atoms with Crippen LogP contribution in [0.5, 0.6) is 17.2 Å². The predicted molar refractivity (Wildman–Crippen MR) is 102 cm³/mol. The third-order valence-corrected chi connectivity index (χ3v) is 4.41. The van der Waals surface area contributed by atoms with Gasteiger partial charge in [-0.2, -0.15) is 0 Å². The molecule has 0 aromatic heterocycles. The van der Waals surface area contributed by atoms with Gasteiger partial charge in [0.25, 0.3) is 0 Å². The second-order valence-corrected chi connectivity index (χ2v) is 6.60. The minimum Gasteiger partial charge on any atom is -0.493 e. The number of anilines is 1. The average molecular weight is 376 g/mol. The highest BCUT2D eigenvalue weighted by atomic mass is 35.5. The Morgan fingerprint density at radius 3 is 2.50 bits per heavy atom. The number of hydrogen-bond donors (Lipinski definition) is 1. The molecule has 1 heterocycles. The number of carbonyl (C=O) groups excluding carboxylic acids is 1. The summed E-state index contributed by atoms with van der Waals surface area (Å²) in [6.45, 7) is 5.43. The molecule has 5 nitrogen and oxygen atoms in total. The molecule has 138 valence electrons. The van der Waals surface area contributed by atoms with E-state index in [-0.39, 0.29) is 12.3 Å². The number of halogens is 1. The molecule has 0 spiro atoms. The second-order valence-electron chi connectivity index (χ2n) is 6.20. The van der Waals surface area contributed by atoms with E-state index in [4.69, 9.17) is 25.8 Å². The van der Waals surface area contributed by atoms with Gasteiger partial charge in [0.05, 0.1) is 37.0 Å². The zero-order chi connectivity index (χ0) is 18.5. The molecule has 1 aliphatic rings. The first kappa shape index (κ1) is 18.4. The summed E-state index contributed by atoms with van der Waals surface area (Å²) in [7, 11) is 0. The molecular weight excluding hydrogens is 354 g/mol. The van der Waals surface area contributed by atoms with Crippen LogP contribution in [-0.4, -0.2) is 25.7 Å². The van der Waals surface area contributed by atoms with E-state index in [2.05, 4.69) is 5.32 Å². The Labute approximate surface area is 158 Å². The third kappa shape index (κ3) is 4.41. The fourth-order valence-electron chi connectivity index (χ4n) is 2.77. The lowest BCUT2D eigenvalue weighted by molar-refractivity contribution is -0.116. The number of amides is 1. The molecule has 1 amide bonds. The fraction of sp³-hybridized carbons (Fsp3) is 0.350. The summed E-state index contributed by atoms with van der Waals surface area (Å²) in [4.78, 5) is 12.2. The quantitative estimate of drug-likeness (QED) is 0.834. The van der Waals surface area contributed by atoms with Gasteiger partial charge in [-0.25, -0.2) is 0 Å². The molecule has 0 saturated heterocycles. The number of aryl methyl sites for hydroxylation is 2. The highest BCUT2D eigenvalue weighted by Crippen LogP contribution is 2.37. The van der Waals surface area contributed by atoms with Gasteiger partial charge in [0.2, 0.25) is 5.91 Å². The largest absolute Gasteiger partial charge is 0.493 e. The molecule has 2 aromatic carbocycles. The summed E-state index contributed by atoms with van der Waals surface area (Å²) in [5, 5.41) is 3.22. The highest BCUT2D eigenvalue weighted by Gasteiger charge is 2.15. The molecule has 6 heteroatoms. The number of fused-ring (bicyclic) bond motifs is 1. The van der Waals surface area contributed by atoms with Gasteiger partial charge in [-0.1, -0.05) is 29.8 Å². The molecule has 0 aliphatic carbocycles. The SMILES string of the molecule is Cc1cccc(C)c1OCCC(=O)Nc1cc2c(cc1Cl)OCCCO2. The summed E-state index contributed by atoms with van der Waals surface area (Å²) < 4.78 is 17.0. The topological polar surface area (TPSA) is 56.8 Å². The van der Waals surface area contributed by atoms with Crippen molar-refractivity contribution in [2.24, 2.45) is 0 Å². The van der Waals surface area contributed by atoms with Crippen LogP contribution in [-0.2, 0) is 4.79 Å². The van der Waals surface area contributed by atoms with Gasteiger partial charge in [-0.3, -0.25) is 4.79 Å². The molecule has 0 bridgehead atoms. The molecule has 2 aromatic rings. The zero-order valence-electron chi connectivity index (χ0n) is 14.9. The van der Waals surface area contributed by atoms with E-state index < -0.39 is 0 Å².